The van der Waals surface area contributed by atoms with E-state index in [0.717, 1.165) is 49.8 Å². The van der Waals surface area contributed by atoms with Crippen LogP contribution in [0.1, 0.15) is 0 Å². The van der Waals surface area contributed by atoms with Gasteiger partial charge in [-0.15, -0.1) is 11.3 Å². The van der Waals surface area contributed by atoms with E-state index >= 15 is 0 Å². The molecule has 0 N–H and O–H groups in total. The molecule has 4 nitrogen and oxygen atoms in total. The van der Waals surface area contributed by atoms with E-state index in [0.29, 0.717) is 17.5 Å². The molecule has 10 rings (SSSR count). The Hall–Kier alpha value is -6.43. The molecule has 0 aliphatic heterocycles. The van der Waals surface area contributed by atoms with Gasteiger partial charge in [0, 0.05) is 47.6 Å². The highest BCUT2D eigenvalue weighted by Crippen LogP contribution is 2.41. The molecule has 0 radical (unpaired) electrons. The van der Waals surface area contributed by atoms with Crippen molar-refractivity contribution in [2.24, 2.45) is 0 Å². The van der Waals surface area contributed by atoms with Crippen LogP contribution >= 0.6 is 11.3 Å². The van der Waals surface area contributed by atoms with Gasteiger partial charge in [-0.3, -0.25) is 0 Å². The fourth-order valence-corrected chi connectivity index (χ4v) is 8.09. The third kappa shape index (κ3) is 4.87. The van der Waals surface area contributed by atoms with Crippen molar-refractivity contribution in [3.63, 3.8) is 0 Å². The summed E-state index contributed by atoms with van der Waals surface area (Å²) in [5.41, 5.74) is 9.13. The minimum atomic E-state index is 0.616. The van der Waals surface area contributed by atoms with Crippen LogP contribution in [0.5, 0.6) is 0 Å². The third-order valence-electron chi connectivity index (χ3n) is 9.36. The first-order chi connectivity index (χ1) is 24.7. The maximum absolute atomic E-state index is 6.46. The van der Waals surface area contributed by atoms with E-state index in [1.165, 1.54) is 31.3 Å². The summed E-state index contributed by atoms with van der Waals surface area (Å²) in [6, 6.07) is 56.8. The molecule has 0 aliphatic rings. The molecule has 234 valence electrons. The second-order valence-corrected chi connectivity index (χ2v) is 13.5. The predicted molar refractivity (Wildman–Crippen MR) is 207 cm³/mol. The van der Waals surface area contributed by atoms with Gasteiger partial charge in [0.05, 0.1) is 0 Å². The quantitative estimate of drug-likeness (QED) is 0.185. The number of benzene rings is 7. The molecule has 5 heteroatoms. The van der Waals surface area contributed by atoms with E-state index in [4.69, 9.17) is 19.4 Å². The standard InChI is InChI=1S/C45H27N3OS/c1-3-10-28(11-4-1)29-18-20-31(21-19-29)44-46-43(30-12-5-2-6-13-30)47-45(48-44)33-23-25-39-38(26-33)35-24-22-32(27-40(35)49-39)34-15-9-16-37-36-14-7-8-17-41(36)50-42(34)37/h1-27H. The highest BCUT2D eigenvalue weighted by molar-refractivity contribution is 7.26. The maximum Gasteiger partial charge on any atom is 0.164 e. The third-order valence-corrected chi connectivity index (χ3v) is 10.6. The van der Waals surface area contributed by atoms with Crippen molar-refractivity contribution >= 4 is 53.4 Å². The molecule has 0 aliphatic carbocycles. The molecule has 50 heavy (non-hydrogen) atoms. The largest absolute Gasteiger partial charge is 0.456 e. The zero-order valence-electron chi connectivity index (χ0n) is 26.7. The van der Waals surface area contributed by atoms with Crippen molar-refractivity contribution in [3.05, 3.63) is 164 Å². The van der Waals surface area contributed by atoms with Crippen LogP contribution in [0.2, 0.25) is 0 Å². The van der Waals surface area contributed by atoms with Crippen molar-refractivity contribution in [1.29, 1.82) is 0 Å². The molecule has 0 saturated carbocycles. The Balaban J connectivity index is 1.07. The zero-order chi connectivity index (χ0) is 33.0. The monoisotopic (exact) mass is 657 g/mol. The van der Waals surface area contributed by atoms with Crippen molar-refractivity contribution in [2.75, 3.05) is 0 Å². The van der Waals surface area contributed by atoms with Crippen molar-refractivity contribution < 1.29 is 4.42 Å². The molecule has 3 heterocycles. The molecule has 0 saturated heterocycles. The summed E-state index contributed by atoms with van der Waals surface area (Å²) < 4.78 is 9.05. The minimum Gasteiger partial charge on any atom is -0.456 e. The molecule has 0 spiro atoms. The average Bonchev–Trinajstić information content (AvgIpc) is 3.76. The zero-order valence-corrected chi connectivity index (χ0v) is 27.6. The lowest BCUT2D eigenvalue weighted by molar-refractivity contribution is 0.669. The molecule has 0 bridgehead atoms. The molecular weight excluding hydrogens is 631 g/mol. The van der Waals surface area contributed by atoms with Crippen LogP contribution in [0.3, 0.4) is 0 Å². The number of hydrogen-bond donors (Lipinski definition) is 0. The number of rotatable bonds is 5. The van der Waals surface area contributed by atoms with Gasteiger partial charge in [0.2, 0.25) is 0 Å². The Kier molecular flexibility index (Phi) is 6.64. The molecule has 0 unspecified atom stereocenters. The summed E-state index contributed by atoms with van der Waals surface area (Å²) in [6.07, 6.45) is 0. The van der Waals surface area contributed by atoms with Gasteiger partial charge >= 0.3 is 0 Å². The molecule has 7 aromatic carbocycles. The normalized spacial score (nSPS) is 11.6. The Labute approximate surface area is 292 Å². The number of fused-ring (bicyclic) bond motifs is 6. The second-order valence-electron chi connectivity index (χ2n) is 12.4. The number of aromatic nitrogens is 3. The topological polar surface area (TPSA) is 51.8 Å². The van der Waals surface area contributed by atoms with Gasteiger partial charge in [0.15, 0.2) is 17.5 Å². The smallest absolute Gasteiger partial charge is 0.164 e. The minimum absolute atomic E-state index is 0.616. The molecular formula is C45H27N3OS. The van der Waals surface area contributed by atoms with Crippen LogP contribution in [0.4, 0.5) is 0 Å². The first-order valence-electron chi connectivity index (χ1n) is 16.6. The van der Waals surface area contributed by atoms with E-state index in [1.807, 2.05) is 59.9 Å². The van der Waals surface area contributed by atoms with Crippen LogP contribution in [-0.4, -0.2) is 15.0 Å². The Morgan fingerprint density at radius 3 is 1.72 bits per heavy atom. The van der Waals surface area contributed by atoms with E-state index < -0.39 is 0 Å². The lowest BCUT2D eigenvalue weighted by atomic mass is 10.0. The van der Waals surface area contributed by atoms with Gasteiger partial charge < -0.3 is 4.42 Å². The molecule has 0 amide bonds. The Bertz CT molecular complexity index is 2860. The molecule has 10 aromatic rings. The fraction of sp³-hybridized carbons (Fsp3) is 0. The second kappa shape index (κ2) is 11.6. The predicted octanol–water partition coefficient (Wildman–Crippen LogP) is 12.5. The van der Waals surface area contributed by atoms with Gasteiger partial charge in [0.25, 0.3) is 0 Å². The lowest BCUT2D eigenvalue weighted by Gasteiger charge is -2.09. The van der Waals surface area contributed by atoms with Gasteiger partial charge in [-0.05, 0) is 58.7 Å². The van der Waals surface area contributed by atoms with Crippen LogP contribution in [0.15, 0.2) is 168 Å². The number of furan rings is 1. The number of nitrogens with zero attached hydrogens (tertiary/aromatic N) is 3. The van der Waals surface area contributed by atoms with Crippen LogP contribution < -0.4 is 0 Å². The van der Waals surface area contributed by atoms with E-state index in [2.05, 4.69) is 115 Å². The van der Waals surface area contributed by atoms with Gasteiger partial charge in [0.1, 0.15) is 11.2 Å². The first-order valence-corrected chi connectivity index (χ1v) is 17.4. The van der Waals surface area contributed by atoms with E-state index in [-0.39, 0.29) is 0 Å². The number of hydrogen-bond acceptors (Lipinski definition) is 5. The van der Waals surface area contributed by atoms with Crippen LogP contribution in [0, 0.1) is 0 Å². The van der Waals surface area contributed by atoms with Gasteiger partial charge in [-0.1, -0.05) is 127 Å². The number of thiophene rings is 1. The van der Waals surface area contributed by atoms with Crippen molar-refractivity contribution in [3.8, 4) is 56.4 Å². The highest BCUT2D eigenvalue weighted by atomic mass is 32.1. The van der Waals surface area contributed by atoms with E-state index in [9.17, 15) is 0 Å². The Morgan fingerprint density at radius 1 is 0.360 bits per heavy atom. The maximum atomic E-state index is 6.46. The highest BCUT2D eigenvalue weighted by Gasteiger charge is 2.16. The molecule has 0 fully saturated rings. The molecule has 0 atom stereocenters. The summed E-state index contributed by atoms with van der Waals surface area (Å²) in [5, 5.41) is 4.67. The Morgan fingerprint density at radius 2 is 0.940 bits per heavy atom. The summed E-state index contributed by atoms with van der Waals surface area (Å²) in [6.45, 7) is 0. The summed E-state index contributed by atoms with van der Waals surface area (Å²) in [4.78, 5) is 14.9. The SMILES string of the molecule is c1ccc(-c2ccc(-c3nc(-c4ccccc4)nc(-c4ccc5oc6cc(-c7cccc8c7sc7ccccc78)ccc6c5c4)n3)cc2)cc1. The summed E-state index contributed by atoms with van der Waals surface area (Å²) in [7, 11) is 0. The summed E-state index contributed by atoms with van der Waals surface area (Å²) >= 11 is 1.84. The summed E-state index contributed by atoms with van der Waals surface area (Å²) in [5.74, 6) is 1.88. The van der Waals surface area contributed by atoms with Crippen LogP contribution in [0.25, 0.3) is 98.5 Å². The molecule has 3 aromatic heterocycles. The van der Waals surface area contributed by atoms with Gasteiger partial charge in [-0.2, -0.15) is 0 Å². The van der Waals surface area contributed by atoms with Crippen LogP contribution in [-0.2, 0) is 0 Å². The fourth-order valence-electron chi connectivity index (χ4n) is 6.85. The van der Waals surface area contributed by atoms with E-state index in [1.54, 1.807) is 0 Å². The van der Waals surface area contributed by atoms with Crippen molar-refractivity contribution in [2.45, 2.75) is 0 Å². The lowest BCUT2D eigenvalue weighted by Crippen LogP contribution is -2.00. The van der Waals surface area contributed by atoms with Crippen molar-refractivity contribution in [1.82, 2.24) is 15.0 Å². The first kappa shape index (κ1) is 28.6. The van der Waals surface area contributed by atoms with Gasteiger partial charge in [-0.25, -0.2) is 15.0 Å². The average molecular weight is 658 g/mol.